The van der Waals surface area contributed by atoms with Crippen molar-refractivity contribution in [3.63, 3.8) is 0 Å². The van der Waals surface area contributed by atoms with Crippen LogP contribution in [-0.4, -0.2) is 11.7 Å². The first kappa shape index (κ1) is 17.5. The second kappa shape index (κ2) is 6.52. The number of hydrogen-bond donors (Lipinski definition) is 1. The van der Waals surface area contributed by atoms with E-state index in [0.717, 1.165) is 36.3 Å². The third-order valence-corrected chi connectivity index (χ3v) is 5.46. The van der Waals surface area contributed by atoms with Crippen LogP contribution in [0.1, 0.15) is 62.6 Å². The highest BCUT2D eigenvalue weighted by Crippen LogP contribution is 2.42. The van der Waals surface area contributed by atoms with Gasteiger partial charge >= 0.3 is 0 Å². The van der Waals surface area contributed by atoms with Crippen LogP contribution in [0.5, 0.6) is 0 Å². The fourth-order valence-electron chi connectivity index (χ4n) is 3.57. The number of nitrogens with zero attached hydrogens (tertiary/aromatic N) is 2. The van der Waals surface area contributed by atoms with Gasteiger partial charge in [0.25, 0.3) is 0 Å². The quantitative estimate of drug-likeness (QED) is 0.819. The average Bonchev–Trinajstić information content (AvgIpc) is 2.94. The molecule has 2 heterocycles. The van der Waals surface area contributed by atoms with Crippen molar-refractivity contribution >= 4 is 21.6 Å². The molecule has 0 radical (unpaired) electrons. The predicted molar refractivity (Wildman–Crippen MR) is 101 cm³/mol. The van der Waals surface area contributed by atoms with E-state index in [9.17, 15) is 0 Å². The molecular weight excluding hydrogens is 366 g/mol. The molecule has 5 heteroatoms. The van der Waals surface area contributed by atoms with Gasteiger partial charge in [-0.3, -0.25) is 0 Å². The highest BCUT2D eigenvalue weighted by Gasteiger charge is 2.32. The van der Waals surface area contributed by atoms with Crippen molar-refractivity contribution in [2.45, 2.75) is 58.5 Å². The van der Waals surface area contributed by atoms with Gasteiger partial charge in [-0.1, -0.05) is 32.0 Å². The summed E-state index contributed by atoms with van der Waals surface area (Å²) in [6.07, 6.45) is 2.13. The number of hydrogen-bond acceptors (Lipinski definition) is 4. The van der Waals surface area contributed by atoms with Gasteiger partial charge in [0.05, 0.1) is 6.54 Å². The summed E-state index contributed by atoms with van der Waals surface area (Å²) in [7, 11) is 0. The summed E-state index contributed by atoms with van der Waals surface area (Å²) in [4.78, 5) is 2.39. The molecular formula is C19H26BrN3O. The van der Waals surface area contributed by atoms with Gasteiger partial charge in [-0.05, 0) is 63.9 Å². The molecule has 2 aromatic rings. The molecule has 1 atom stereocenters. The highest BCUT2D eigenvalue weighted by molar-refractivity contribution is 9.10. The Morgan fingerprint density at radius 2 is 2.12 bits per heavy atom. The van der Waals surface area contributed by atoms with Crippen molar-refractivity contribution in [3.8, 4) is 0 Å². The second-order valence-electron chi connectivity index (χ2n) is 7.38. The molecule has 3 rings (SSSR count). The zero-order chi connectivity index (χ0) is 17.5. The smallest absolute Gasteiger partial charge is 0.157 e. The number of halogens is 1. The third-order valence-electron chi connectivity index (χ3n) is 5.08. The number of aromatic nitrogens is 1. The normalized spacial score (nSPS) is 17.7. The van der Waals surface area contributed by atoms with Crippen molar-refractivity contribution in [2.24, 2.45) is 5.73 Å². The van der Waals surface area contributed by atoms with Gasteiger partial charge < -0.3 is 15.2 Å². The van der Waals surface area contributed by atoms with Gasteiger partial charge in [0.1, 0.15) is 4.60 Å². The summed E-state index contributed by atoms with van der Waals surface area (Å²) in [5.41, 5.74) is 11.7. The van der Waals surface area contributed by atoms with Crippen LogP contribution in [0.3, 0.4) is 0 Å². The maximum absolute atomic E-state index is 6.24. The predicted octanol–water partition coefficient (Wildman–Crippen LogP) is 4.71. The molecule has 0 spiro atoms. The van der Waals surface area contributed by atoms with Crippen LogP contribution in [-0.2, 0) is 18.4 Å². The Hall–Kier alpha value is -1.33. The van der Waals surface area contributed by atoms with Crippen molar-refractivity contribution in [2.75, 3.05) is 11.4 Å². The maximum Gasteiger partial charge on any atom is 0.157 e. The minimum atomic E-state index is 0.0385. The molecule has 1 aromatic heterocycles. The SMILES string of the molecule is CCc1cc2c(cc1C(C)N)N(Cc1cc(Br)no1)CCC2(C)C. The molecule has 1 aliphatic heterocycles. The van der Waals surface area contributed by atoms with E-state index in [4.69, 9.17) is 10.3 Å². The lowest BCUT2D eigenvalue weighted by Gasteiger charge is -2.41. The Morgan fingerprint density at radius 3 is 2.71 bits per heavy atom. The fourth-order valence-corrected chi connectivity index (χ4v) is 3.89. The lowest BCUT2D eigenvalue weighted by atomic mass is 9.75. The molecule has 2 N–H and O–H groups in total. The van der Waals surface area contributed by atoms with Gasteiger partial charge in [-0.2, -0.15) is 0 Å². The number of rotatable bonds is 4. The van der Waals surface area contributed by atoms with Gasteiger partial charge in [0.2, 0.25) is 0 Å². The van der Waals surface area contributed by atoms with Crippen LogP contribution < -0.4 is 10.6 Å². The van der Waals surface area contributed by atoms with E-state index in [1.807, 2.05) is 6.07 Å². The molecule has 0 aliphatic carbocycles. The monoisotopic (exact) mass is 391 g/mol. The minimum Gasteiger partial charge on any atom is -0.364 e. The fraction of sp³-hybridized carbons (Fsp3) is 0.526. The minimum absolute atomic E-state index is 0.0385. The highest BCUT2D eigenvalue weighted by atomic mass is 79.9. The van der Waals surface area contributed by atoms with Gasteiger partial charge in [0, 0.05) is 24.3 Å². The summed E-state index contributed by atoms with van der Waals surface area (Å²) >= 11 is 3.36. The molecule has 0 amide bonds. The molecule has 4 nitrogen and oxygen atoms in total. The van der Waals surface area contributed by atoms with E-state index in [1.165, 1.54) is 22.4 Å². The van der Waals surface area contributed by atoms with E-state index in [-0.39, 0.29) is 11.5 Å². The zero-order valence-corrected chi connectivity index (χ0v) is 16.5. The molecule has 0 saturated heterocycles. The number of aryl methyl sites for hydroxylation is 1. The van der Waals surface area contributed by atoms with E-state index in [2.05, 4.69) is 65.8 Å². The van der Waals surface area contributed by atoms with Crippen LogP contribution in [0.2, 0.25) is 0 Å². The zero-order valence-electron chi connectivity index (χ0n) is 14.9. The first-order valence-electron chi connectivity index (χ1n) is 8.60. The van der Waals surface area contributed by atoms with E-state index < -0.39 is 0 Å². The summed E-state index contributed by atoms with van der Waals surface area (Å²) in [5.74, 6) is 0.870. The Kier molecular flexibility index (Phi) is 4.76. The molecule has 24 heavy (non-hydrogen) atoms. The lowest BCUT2D eigenvalue weighted by molar-refractivity contribution is 0.371. The second-order valence-corrected chi connectivity index (χ2v) is 8.19. The first-order chi connectivity index (χ1) is 11.3. The van der Waals surface area contributed by atoms with Crippen LogP contribution >= 0.6 is 15.9 Å². The van der Waals surface area contributed by atoms with Crippen molar-refractivity contribution in [3.05, 3.63) is 45.3 Å². The standard InChI is InChI=1S/C19H26BrN3O/c1-5-13-8-16-17(10-15(13)12(2)21)23(7-6-19(16,3)4)11-14-9-18(20)22-24-14/h8-10,12H,5-7,11,21H2,1-4H3. The largest absolute Gasteiger partial charge is 0.364 e. The Morgan fingerprint density at radius 1 is 1.38 bits per heavy atom. The molecule has 0 bridgehead atoms. The molecule has 0 fully saturated rings. The molecule has 0 saturated carbocycles. The van der Waals surface area contributed by atoms with Crippen LogP contribution in [0.15, 0.2) is 27.3 Å². The average molecular weight is 392 g/mol. The van der Waals surface area contributed by atoms with E-state index in [1.54, 1.807) is 0 Å². The third kappa shape index (κ3) is 3.24. The molecule has 1 unspecified atom stereocenters. The Labute approximate surface area is 152 Å². The Bertz CT molecular complexity index is 736. The summed E-state index contributed by atoms with van der Waals surface area (Å²) in [5, 5.41) is 3.93. The van der Waals surface area contributed by atoms with Crippen LogP contribution in [0.4, 0.5) is 5.69 Å². The van der Waals surface area contributed by atoms with E-state index in [0.29, 0.717) is 0 Å². The first-order valence-corrected chi connectivity index (χ1v) is 9.40. The molecule has 1 aliphatic rings. The van der Waals surface area contributed by atoms with Crippen molar-refractivity contribution in [1.29, 1.82) is 0 Å². The van der Waals surface area contributed by atoms with Crippen molar-refractivity contribution < 1.29 is 4.52 Å². The summed E-state index contributed by atoms with van der Waals surface area (Å²) in [6, 6.07) is 6.64. The van der Waals surface area contributed by atoms with Crippen LogP contribution in [0, 0.1) is 0 Å². The number of fused-ring (bicyclic) bond motifs is 1. The summed E-state index contributed by atoms with van der Waals surface area (Å²) < 4.78 is 6.14. The van der Waals surface area contributed by atoms with Crippen LogP contribution in [0.25, 0.3) is 0 Å². The lowest BCUT2D eigenvalue weighted by Crippen LogP contribution is -2.37. The Balaban J connectivity index is 2.06. The van der Waals surface area contributed by atoms with Gasteiger partial charge in [-0.15, -0.1) is 0 Å². The topological polar surface area (TPSA) is 55.3 Å². The number of nitrogens with two attached hydrogens (primary N) is 1. The van der Waals surface area contributed by atoms with Gasteiger partial charge in [-0.25, -0.2) is 0 Å². The molecule has 1 aromatic carbocycles. The summed E-state index contributed by atoms with van der Waals surface area (Å²) in [6.45, 7) is 10.7. The maximum atomic E-state index is 6.24. The molecule has 130 valence electrons. The number of benzene rings is 1. The van der Waals surface area contributed by atoms with E-state index >= 15 is 0 Å². The van der Waals surface area contributed by atoms with Crippen molar-refractivity contribution in [1.82, 2.24) is 5.16 Å². The van der Waals surface area contributed by atoms with Gasteiger partial charge in [0.15, 0.2) is 5.76 Å². The number of anilines is 1.